The van der Waals surface area contributed by atoms with E-state index >= 15 is 0 Å². The first-order chi connectivity index (χ1) is 5.22. The summed E-state index contributed by atoms with van der Waals surface area (Å²) >= 11 is 0. The van der Waals surface area contributed by atoms with E-state index in [1.807, 2.05) is 0 Å². The molecule has 0 fully saturated rings. The molecule has 1 unspecified atom stereocenters. The molecular formula is C7H15NO3. The molecule has 0 amide bonds. The zero-order chi connectivity index (χ0) is 8.69. The second kappa shape index (κ2) is 6.12. The number of esters is 1. The van der Waals surface area contributed by atoms with Crippen LogP contribution >= 0.6 is 0 Å². The van der Waals surface area contributed by atoms with E-state index in [1.54, 1.807) is 6.92 Å². The number of hydrogen-bond acceptors (Lipinski definition) is 4. The molecule has 0 rings (SSSR count). The Labute approximate surface area is 66.3 Å². The predicted octanol–water partition coefficient (Wildman–Crippen LogP) is -0.351. The van der Waals surface area contributed by atoms with Gasteiger partial charge in [0.2, 0.25) is 0 Å². The lowest BCUT2D eigenvalue weighted by atomic mass is 10.2. The Morgan fingerprint density at radius 3 is 2.82 bits per heavy atom. The zero-order valence-corrected chi connectivity index (χ0v) is 6.75. The third-order valence-electron chi connectivity index (χ3n) is 1.26. The Hall–Kier alpha value is -0.610. The van der Waals surface area contributed by atoms with Crippen molar-refractivity contribution in [3.05, 3.63) is 0 Å². The van der Waals surface area contributed by atoms with E-state index in [0.29, 0.717) is 19.4 Å². The van der Waals surface area contributed by atoms with Crippen LogP contribution in [-0.4, -0.2) is 30.3 Å². The summed E-state index contributed by atoms with van der Waals surface area (Å²) in [6, 6.07) is -0.581. The third-order valence-corrected chi connectivity index (χ3v) is 1.26. The zero-order valence-electron chi connectivity index (χ0n) is 6.75. The standard InChI is InChI=1S/C7H15NO3/c1-2-11-7(10)6(8)4-3-5-9/h6,9H,2-5,8H2,1H3. The van der Waals surface area contributed by atoms with Gasteiger partial charge in [-0.05, 0) is 19.8 Å². The van der Waals surface area contributed by atoms with Crippen LogP contribution in [0, 0.1) is 0 Å². The fourth-order valence-electron chi connectivity index (χ4n) is 0.678. The maximum Gasteiger partial charge on any atom is 0.322 e. The maximum atomic E-state index is 10.8. The van der Waals surface area contributed by atoms with Gasteiger partial charge in [-0.3, -0.25) is 4.79 Å². The van der Waals surface area contributed by atoms with Gasteiger partial charge in [0.25, 0.3) is 0 Å². The molecular weight excluding hydrogens is 146 g/mol. The fraction of sp³-hybridized carbons (Fsp3) is 0.857. The molecule has 0 aliphatic carbocycles. The number of rotatable bonds is 5. The highest BCUT2D eigenvalue weighted by Gasteiger charge is 2.12. The van der Waals surface area contributed by atoms with Gasteiger partial charge in [0.05, 0.1) is 6.61 Å². The first-order valence-corrected chi connectivity index (χ1v) is 3.75. The molecule has 11 heavy (non-hydrogen) atoms. The highest BCUT2D eigenvalue weighted by molar-refractivity contribution is 5.75. The highest BCUT2D eigenvalue weighted by Crippen LogP contribution is 1.95. The minimum absolute atomic E-state index is 0.0626. The second-order valence-corrected chi connectivity index (χ2v) is 2.22. The average molecular weight is 161 g/mol. The van der Waals surface area contributed by atoms with Crippen molar-refractivity contribution in [1.82, 2.24) is 0 Å². The van der Waals surface area contributed by atoms with Crippen LogP contribution in [0.4, 0.5) is 0 Å². The minimum atomic E-state index is -0.581. The van der Waals surface area contributed by atoms with Gasteiger partial charge in [-0.25, -0.2) is 0 Å². The van der Waals surface area contributed by atoms with Crippen molar-refractivity contribution in [1.29, 1.82) is 0 Å². The van der Waals surface area contributed by atoms with Crippen LogP contribution in [0.25, 0.3) is 0 Å². The van der Waals surface area contributed by atoms with Crippen molar-refractivity contribution in [2.45, 2.75) is 25.8 Å². The number of aliphatic hydroxyl groups is 1. The van der Waals surface area contributed by atoms with Crippen LogP contribution in [0.15, 0.2) is 0 Å². The summed E-state index contributed by atoms with van der Waals surface area (Å²) in [6.07, 6.45) is 1.02. The molecule has 0 aliphatic heterocycles. The summed E-state index contributed by atoms with van der Waals surface area (Å²) < 4.78 is 4.66. The number of hydrogen-bond donors (Lipinski definition) is 2. The molecule has 0 aromatic rings. The topological polar surface area (TPSA) is 72.5 Å². The molecule has 0 aliphatic rings. The molecule has 0 saturated carbocycles. The Bertz CT molecular complexity index is 116. The first kappa shape index (κ1) is 10.4. The number of ether oxygens (including phenoxy) is 1. The molecule has 3 N–H and O–H groups in total. The molecule has 0 aromatic carbocycles. The van der Waals surface area contributed by atoms with Crippen LogP contribution in [0.5, 0.6) is 0 Å². The Morgan fingerprint density at radius 1 is 1.73 bits per heavy atom. The summed E-state index contributed by atoms with van der Waals surface area (Å²) in [7, 11) is 0. The van der Waals surface area contributed by atoms with Gasteiger partial charge >= 0.3 is 5.97 Å². The number of nitrogens with two attached hydrogens (primary N) is 1. The van der Waals surface area contributed by atoms with Gasteiger partial charge in [-0.15, -0.1) is 0 Å². The molecule has 0 heterocycles. The van der Waals surface area contributed by atoms with Gasteiger partial charge < -0.3 is 15.6 Å². The van der Waals surface area contributed by atoms with Gasteiger partial charge in [0, 0.05) is 6.61 Å². The van der Waals surface area contributed by atoms with E-state index < -0.39 is 6.04 Å². The maximum absolute atomic E-state index is 10.8. The van der Waals surface area contributed by atoms with Crippen molar-refractivity contribution in [2.75, 3.05) is 13.2 Å². The fourth-order valence-corrected chi connectivity index (χ4v) is 0.678. The van der Waals surface area contributed by atoms with Crippen molar-refractivity contribution < 1.29 is 14.6 Å². The minimum Gasteiger partial charge on any atom is -0.465 e. The van der Waals surface area contributed by atoms with Gasteiger partial charge in [0.1, 0.15) is 6.04 Å². The normalized spacial score (nSPS) is 12.6. The van der Waals surface area contributed by atoms with Crippen LogP contribution in [0.1, 0.15) is 19.8 Å². The SMILES string of the molecule is CCOC(=O)C(N)CCCO. The van der Waals surface area contributed by atoms with Crippen molar-refractivity contribution in [3.8, 4) is 0 Å². The Kier molecular flexibility index (Phi) is 5.78. The molecule has 0 radical (unpaired) electrons. The first-order valence-electron chi connectivity index (χ1n) is 3.75. The van der Waals surface area contributed by atoms with E-state index in [1.165, 1.54) is 0 Å². The van der Waals surface area contributed by atoms with E-state index in [0.717, 1.165) is 0 Å². The number of carbonyl (C=O) groups is 1. The van der Waals surface area contributed by atoms with Gasteiger partial charge in [0.15, 0.2) is 0 Å². The molecule has 4 heteroatoms. The highest BCUT2D eigenvalue weighted by atomic mass is 16.5. The quantitative estimate of drug-likeness (QED) is 0.540. The molecule has 0 spiro atoms. The monoisotopic (exact) mass is 161 g/mol. The predicted molar refractivity (Wildman–Crippen MR) is 40.9 cm³/mol. The summed E-state index contributed by atoms with van der Waals surface area (Å²) in [5.74, 6) is -0.388. The summed E-state index contributed by atoms with van der Waals surface area (Å²) in [5.41, 5.74) is 5.40. The van der Waals surface area contributed by atoms with E-state index in [-0.39, 0.29) is 12.6 Å². The lowest BCUT2D eigenvalue weighted by Crippen LogP contribution is -2.32. The molecule has 0 aromatic heterocycles. The van der Waals surface area contributed by atoms with E-state index in [9.17, 15) is 4.79 Å². The third kappa shape index (κ3) is 4.75. The summed E-state index contributed by atoms with van der Waals surface area (Å²) in [6.45, 7) is 2.15. The van der Waals surface area contributed by atoms with Crippen molar-refractivity contribution in [2.24, 2.45) is 5.73 Å². The van der Waals surface area contributed by atoms with Gasteiger partial charge in [-0.1, -0.05) is 0 Å². The molecule has 4 nitrogen and oxygen atoms in total. The number of aliphatic hydroxyl groups excluding tert-OH is 1. The van der Waals surface area contributed by atoms with Crippen LogP contribution in [0.2, 0.25) is 0 Å². The lowest BCUT2D eigenvalue weighted by Gasteiger charge is -2.08. The molecule has 0 saturated heterocycles. The van der Waals surface area contributed by atoms with Gasteiger partial charge in [-0.2, -0.15) is 0 Å². The second-order valence-electron chi connectivity index (χ2n) is 2.22. The van der Waals surface area contributed by atoms with Crippen molar-refractivity contribution >= 4 is 5.97 Å². The average Bonchev–Trinajstić information content (AvgIpc) is 2.00. The van der Waals surface area contributed by atoms with Crippen LogP contribution in [0.3, 0.4) is 0 Å². The largest absolute Gasteiger partial charge is 0.465 e. The lowest BCUT2D eigenvalue weighted by molar-refractivity contribution is -0.144. The van der Waals surface area contributed by atoms with Crippen LogP contribution in [-0.2, 0) is 9.53 Å². The van der Waals surface area contributed by atoms with Crippen molar-refractivity contribution in [3.63, 3.8) is 0 Å². The molecule has 1 atom stereocenters. The van der Waals surface area contributed by atoms with Crippen LogP contribution < -0.4 is 5.73 Å². The summed E-state index contributed by atoms with van der Waals surface area (Å²) in [4.78, 5) is 10.8. The Morgan fingerprint density at radius 2 is 2.36 bits per heavy atom. The summed E-state index contributed by atoms with van der Waals surface area (Å²) in [5, 5.41) is 8.42. The smallest absolute Gasteiger partial charge is 0.322 e. The van der Waals surface area contributed by atoms with E-state index in [2.05, 4.69) is 4.74 Å². The number of carbonyl (C=O) groups excluding carboxylic acids is 1. The Balaban J connectivity index is 3.46. The molecule has 0 bridgehead atoms. The molecule has 66 valence electrons. The van der Waals surface area contributed by atoms with E-state index in [4.69, 9.17) is 10.8 Å².